The van der Waals surface area contributed by atoms with Crippen molar-refractivity contribution in [2.24, 2.45) is 0 Å². The number of fused-ring (bicyclic) bond motifs is 2. The van der Waals surface area contributed by atoms with Gasteiger partial charge < -0.3 is 4.90 Å². The topological polar surface area (TPSA) is 6.25 Å². The number of nitrogens with zero attached hydrogens (tertiary/aromatic N) is 2. The molecule has 2 nitrogen and oxygen atoms in total. The van der Waals surface area contributed by atoms with Crippen LogP contribution in [0.15, 0.2) is 125 Å². The molecule has 3 heteroatoms. The van der Waals surface area contributed by atoms with E-state index in [0.29, 0.717) is 5.92 Å². The normalized spacial score (nSPS) is 23.2. The van der Waals surface area contributed by atoms with E-state index < -0.39 is 0 Å². The number of hydrogen-bond acceptors (Lipinski definition) is 1. The lowest BCUT2D eigenvalue weighted by Gasteiger charge is -2.27. The fourth-order valence-corrected chi connectivity index (χ4v) is 7.47. The van der Waals surface area contributed by atoms with E-state index in [4.69, 9.17) is 11.6 Å². The number of halogens is 1. The molecular weight excluding hydrogens is 520 g/mol. The van der Waals surface area contributed by atoms with Crippen molar-refractivity contribution in [3.63, 3.8) is 0 Å². The third-order valence-corrected chi connectivity index (χ3v) is 10.0. The Hall–Kier alpha value is -3.62. The number of likely N-dealkylation sites (N-methyl/N-ethyl adjacent to an activating group) is 1. The van der Waals surface area contributed by atoms with Gasteiger partial charge in [-0.2, -0.15) is 4.58 Å². The predicted octanol–water partition coefficient (Wildman–Crippen LogP) is 9.56. The van der Waals surface area contributed by atoms with Gasteiger partial charge in [-0.05, 0) is 67.0 Å². The summed E-state index contributed by atoms with van der Waals surface area (Å²) in [6, 6.07) is 28.3. The highest BCUT2D eigenvalue weighted by atomic mass is 35.5. The van der Waals surface area contributed by atoms with Crippen LogP contribution in [0.5, 0.6) is 0 Å². The molecule has 6 rings (SSSR count). The van der Waals surface area contributed by atoms with Crippen LogP contribution in [-0.2, 0) is 10.8 Å². The Balaban J connectivity index is 1.40. The van der Waals surface area contributed by atoms with Gasteiger partial charge in [0.15, 0.2) is 5.71 Å². The summed E-state index contributed by atoms with van der Waals surface area (Å²) in [6.07, 6.45) is 11.0. The SMILES string of the molecule is CN1/C(=C/C=C2\CC(c3ccccc3)CC(/C=C/C3=[N+](C)c4ccccc4C3(C)C)=C2Cl)C(C)(C)c2ccccc21. The van der Waals surface area contributed by atoms with Crippen LogP contribution in [0.3, 0.4) is 0 Å². The van der Waals surface area contributed by atoms with E-state index >= 15 is 0 Å². The molecule has 0 spiro atoms. The van der Waals surface area contributed by atoms with Gasteiger partial charge >= 0.3 is 0 Å². The van der Waals surface area contributed by atoms with Crippen molar-refractivity contribution >= 4 is 28.7 Å². The number of hydrogen-bond donors (Lipinski definition) is 0. The van der Waals surface area contributed by atoms with Crippen LogP contribution in [0.1, 0.15) is 63.1 Å². The first-order valence-corrected chi connectivity index (χ1v) is 15.1. The maximum atomic E-state index is 7.26. The molecule has 0 bridgehead atoms. The first-order valence-electron chi connectivity index (χ1n) is 14.7. The van der Waals surface area contributed by atoms with Crippen LogP contribution in [0.2, 0.25) is 0 Å². The van der Waals surface area contributed by atoms with Crippen molar-refractivity contribution in [3.8, 4) is 0 Å². The second-order valence-electron chi connectivity index (χ2n) is 12.7. The first kappa shape index (κ1) is 27.5. The maximum Gasteiger partial charge on any atom is 0.209 e. The van der Waals surface area contributed by atoms with Crippen LogP contribution >= 0.6 is 11.6 Å². The molecule has 0 N–H and O–H groups in total. The zero-order valence-corrected chi connectivity index (χ0v) is 25.8. The van der Waals surface area contributed by atoms with Crippen LogP contribution in [0.25, 0.3) is 0 Å². The molecule has 0 amide bonds. The Bertz CT molecular complexity index is 1660. The maximum absolute atomic E-state index is 7.26. The van der Waals surface area contributed by atoms with Gasteiger partial charge in [-0.25, -0.2) is 0 Å². The summed E-state index contributed by atoms with van der Waals surface area (Å²) in [5.74, 6) is 0.381. The standard InChI is InChI=1S/C38H40ClN2/c1-37(2)30-16-10-12-18-32(30)40(5)34(37)22-20-27-24-29(26-14-8-7-9-15-26)25-28(36(27)39)21-23-35-38(3,4)31-17-11-13-19-33(31)41(35)6/h7-23,29H,24-25H2,1-6H3/q+1. The Morgan fingerprint density at radius 1 is 0.780 bits per heavy atom. The van der Waals surface area contributed by atoms with Crippen molar-refractivity contribution < 1.29 is 4.58 Å². The van der Waals surface area contributed by atoms with Crippen LogP contribution in [0, 0.1) is 0 Å². The van der Waals surface area contributed by atoms with Gasteiger partial charge in [-0.3, -0.25) is 0 Å². The molecule has 0 fully saturated rings. The molecule has 3 aromatic carbocycles. The highest BCUT2D eigenvalue weighted by molar-refractivity contribution is 6.32. The second-order valence-corrected chi connectivity index (χ2v) is 13.1. The molecule has 1 aliphatic carbocycles. The quantitative estimate of drug-likeness (QED) is 0.288. The van der Waals surface area contributed by atoms with Gasteiger partial charge in [0.2, 0.25) is 5.69 Å². The third-order valence-electron chi connectivity index (χ3n) is 9.53. The highest BCUT2D eigenvalue weighted by Gasteiger charge is 2.42. The van der Waals surface area contributed by atoms with E-state index in [0.717, 1.165) is 17.9 Å². The summed E-state index contributed by atoms with van der Waals surface area (Å²) < 4.78 is 2.33. The monoisotopic (exact) mass is 559 g/mol. The van der Waals surface area contributed by atoms with Crippen LogP contribution < -0.4 is 4.90 Å². The van der Waals surface area contributed by atoms with Crippen molar-refractivity contribution in [1.29, 1.82) is 0 Å². The Morgan fingerprint density at radius 2 is 1.44 bits per heavy atom. The lowest BCUT2D eigenvalue weighted by Crippen LogP contribution is -2.26. The molecule has 0 saturated heterocycles. The number of benzene rings is 3. The number of para-hydroxylation sites is 2. The molecular formula is C38H40ClN2+. The minimum Gasteiger partial charge on any atom is -0.347 e. The molecule has 0 aromatic heterocycles. The smallest absolute Gasteiger partial charge is 0.209 e. The summed E-state index contributed by atoms with van der Waals surface area (Å²) in [7, 11) is 4.35. The summed E-state index contributed by atoms with van der Waals surface area (Å²) in [4.78, 5) is 2.33. The minimum atomic E-state index is -0.0703. The van der Waals surface area contributed by atoms with Gasteiger partial charge in [0.1, 0.15) is 7.05 Å². The van der Waals surface area contributed by atoms with Crippen molar-refractivity contribution in [1.82, 2.24) is 0 Å². The van der Waals surface area contributed by atoms with Gasteiger partial charge in [0.25, 0.3) is 0 Å². The zero-order chi connectivity index (χ0) is 28.9. The van der Waals surface area contributed by atoms with Crippen molar-refractivity contribution in [2.45, 2.75) is 57.3 Å². The van der Waals surface area contributed by atoms with Gasteiger partial charge in [-0.1, -0.05) is 104 Å². The molecule has 0 radical (unpaired) electrons. The Morgan fingerprint density at radius 3 is 2.15 bits per heavy atom. The molecule has 41 heavy (non-hydrogen) atoms. The molecule has 1 atom stereocenters. The van der Waals surface area contributed by atoms with E-state index in [9.17, 15) is 0 Å². The Kier molecular flexibility index (Phi) is 6.94. The summed E-state index contributed by atoms with van der Waals surface area (Å²) in [5, 5.41) is 0.887. The number of rotatable bonds is 4. The van der Waals surface area contributed by atoms with E-state index in [1.807, 2.05) is 0 Å². The summed E-state index contributed by atoms with van der Waals surface area (Å²) in [6.45, 7) is 9.25. The first-order chi connectivity index (χ1) is 19.6. The number of anilines is 1. The summed E-state index contributed by atoms with van der Waals surface area (Å²) >= 11 is 7.26. The molecule has 3 aromatic rings. The van der Waals surface area contributed by atoms with E-state index in [1.165, 1.54) is 50.6 Å². The molecule has 0 saturated carbocycles. The van der Waals surface area contributed by atoms with E-state index in [2.05, 4.69) is 154 Å². The molecule has 208 valence electrons. The highest BCUT2D eigenvalue weighted by Crippen LogP contribution is 2.48. The number of allylic oxidation sites excluding steroid dienone is 8. The fraction of sp³-hybridized carbons (Fsp3) is 0.289. The van der Waals surface area contributed by atoms with Crippen molar-refractivity contribution in [2.75, 3.05) is 19.0 Å². The Labute approximate surface area is 250 Å². The third kappa shape index (κ3) is 4.63. The van der Waals surface area contributed by atoms with Crippen LogP contribution in [-0.4, -0.2) is 24.4 Å². The summed E-state index contributed by atoms with van der Waals surface area (Å²) in [5.41, 5.74) is 11.5. The molecule has 3 aliphatic rings. The fourth-order valence-electron chi connectivity index (χ4n) is 7.19. The zero-order valence-electron chi connectivity index (χ0n) is 25.1. The molecule has 2 aliphatic heterocycles. The van der Waals surface area contributed by atoms with Gasteiger partial charge in [-0.15, -0.1) is 0 Å². The molecule has 1 unspecified atom stereocenters. The van der Waals surface area contributed by atoms with Crippen LogP contribution in [0.4, 0.5) is 11.4 Å². The van der Waals surface area contributed by atoms with Crippen molar-refractivity contribution in [3.05, 3.63) is 142 Å². The average molecular weight is 560 g/mol. The largest absolute Gasteiger partial charge is 0.347 e. The lowest BCUT2D eigenvalue weighted by molar-refractivity contribution is -0.401. The van der Waals surface area contributed by atoms with Gasteiger partial charge in [0, 0.05) is 46.6 Å². The second kappa shape index (κ2) is 10.3. The molecule has 2 heterocycles. The van der Waals surface area contributed by atoms with E-state index in [1.54, 1.807) is 0 Å². The van der Waals surface area contributed by atoms with Gasteiger partial charge in [0.05, 0.1) is 5.41 Å². The predicted molar refractivity (Wildman–Crippen MR) is 175 cm³/mol. The minimum absolute atomic E-state index is 0.0703. The van der Waals surface area contributed by atoms with E-state index in [-0.39, 0.29) is 10.8 Å². The average Bonchev–Trinajstić information content (AvgIpc) is 3.29. The lowest BCUT2D eigenvalue weighted by atomic mass is 9.79.